The van der Waals surface area contributed by atoms with Crippen LogP contribution < -0.4 is 5.73 Å². The van der Waals surface area contributed by atoms with E-state index in [4.69, 9.17) is 32.8 Å². The zero-order valence-electron chi connectivity index (χ0n) is 7.31. The van der Waals surface area contributed by atoms with Gasteiger partial charge in [0.2, 0.25) is 5.91 Å². The molecule has 5 N–H and O–H groups in total. The number of rotatable bonds is 3. The second-order valence-electron chi connectivity index (χ2n) is 2.81. The summed E-state index contributed by atoms with van der Waals surface area (Å²) in [6.07, 6.45) is -1.84. The summed E-state index contributed by atoms with van der Waals surface area (Å²) in [6, 6.07) is 0. The van der Waals surface area contributed by atoms with Gasteiger partial charge in [0.1, 0.15) is 10.5 Å². The monoisotopic (exact) mass is 272 g/mol. The molecule has 0 spiro atoms. The van der Waals surface area contributed by atoms with E-state index in [0.29, 0.717) is 4.90 Å². The maximum atomic E-state index is 11.3. The summed E-state index contributed by atoms with van der Waals surface area (Å²) in [6.45, 7) is 0. The van der Waals surface area contributed by atoms with Gasteiger partial charge in [-0.05, 0) is 0 Å². The van der Waals surface area contributed by atoms with Gasteiger partial charge in [-0.25, -0.2) is 0 Å². The Labute approximate surface area is 94.8 Å². The molecule has 86 valence electrons. The van der Waals surface area contributed by atoms with Crippen molar-refractivity contribution in [3.8, 4) is 0 Å². The highest BCUT2D eigenvalue weighted by Crippen LogP contribution is 2.46. The van der Waals surface area contributed by atoms with Crippen molar-refractivity contribution in [2.45, 2.75) is 12.0 Å². The Morgan fingerprint density at radius 1 is 1.60 bits per heavy atom. The molecule has 1 aliphatic rings. The van der Waals surface area contributed by atoms with E-state index in [1.165, 1.54) is 0 Å². The molecule has 1 fully saturated rings. The predicted molar refractivity (Wildman–Crippen MR) is 57.9 cm³/mol. The largest absolute Gasteiger partial charge is 0.376 e. The number of thioether (sulfide) groups is 1. The maximum Gasteiger partial charge on any atom is 0.352 e. The van der Waals surface area contributed by atoms with Crippen LogP contribution in [0.3, 0.4) is 0 Å². The molecule has 1 aliphatic heterocycles. The van der Waals surface area contributed by atoms with E-state index in [9.17, 15) is 9.36 Å². The minimum absolute atomic E-state index is 0.00204. The van der Waals surface area contributed by atoms with Crippen LogP contribution in [0.4, 0.5) is 0 Å². The van der Waals surface area contributed by atoms with Crippen LogP contribution in [0.25, 0.3) is 0 Å². The number of nitrogens with zero attached hydrogens (tertiary/aromatic N) is 1. The van der Waals surface area contributed by atoms with E-state index >= 15 is 0 Å². The van der Waals surface area contributed by atoms with Crippen LogP contribution in [-0.4, -0.2) is 47.8 Å². The minimum atomic E-state index is -4.73. The Bertz CT molecular complexity index is 326. The lowest BCUT2D eigenvalue weighted by atomic mass is 10.5. The third-order valence-corrected chi connectivity index (χ3v) is 4.31. The number of aliphatic hydroxyl groups is 1. The van der Waals surface area contributed by atoms with Gasteiger partial charge in [-0.15, -0.1) is 0 Å². The molecule has 0 aromatic heterocycles. The van der Waals surface area contributed by atoms with E-state index in [0.717, 1.165) is 11.8 Å². The average molecular weight is 272 g/mol. The SMILES string of the molecule is NC(O)C(N1C(=O)CSC1=S)P(=O)(O)O. The van der Waals surface area contributed by atoms with E-state index in [1.807, 2.05) is 0 Å². The molecule has 0 bridgehead atoms. The van der Waals surface area contributed by atoms with Crippen LogP contribution in [0.5, 0.6) is 0 Å². The summed E-state index contributed by atoms with van der Waals surface area (Å²) in [4.78, 5) is 29.9. The Kier molecular flexibility index (Phi) is 3.88. The molecule has 2 atom stereocenters. The fourth-order valence-corrected chi connectivity index (χ4v) is 3.35. The topological polar surface area (TPSA) is 124 Å². The van der Waals surface area contributed by atoms with Gasteiger partial charge >= 0.3 is 7.60 Å². The van der Waals surface area contributed by atoms with Crippen LogP contribution in [0.2, 0.25) is 0 Å². The summed E-state index contributed by atoms with van der Waals surface area (Å²) < 4.78 is 11.1. The molecule has 0 saturated carbocycles. The van der Waals surface area contributed by atoms with Gasteiger partial charge in [-0.3, -0.25) is 14.3 Å². The number of carbonyl (C=O) groups excluding carboxylic acids is 1. The average Bonchev–Trinajstić information content (AvgIpc) is 2.32. The Hall–Kier alpha value is -0.0200. The van der Waals surface area contributed by atoms with Crippen molar-refractivity contribution in [1.82, 2.24) is 4.90 Å². The number of carbonyl (C=O) groups is 1. The highest BCUT2D eigenvalue weighted by molar-refractivity contribution is 8.24. The molecule has 15 heavy (non-hydrogen) atoms. The predicted octanol–water partition coefficient (Wildman–Crippen LogP) is -1.37. The highest BCUT2D eigenvalue weighted by Gasteiger charge is 2.45. The quantitative estimate of drug-likeness (QED) is 0.282. The summed E-state index contributed by atoms with van der Waals surface area (Å²) in [5.74, 6) is -2.36. The van der Waals surface area contributed by atoms with E-state index in [-0.39, 0.29) is 10.1 Å². The molecule has 1 heterocycles. The normalized spacial score (nSPS) is 22.0. The van der Waals surface area contributed by atoms with Gasteiger partial charge in [0.25, 0.3) is 0 Å². The molecule has 1 amide bonds. The zero-order valence-corrected chi connectivity index (χ0v) is 9.84. The summed E-state index contributed by atoms with van der Waals surface area (Å²) in [7, 11) is -4.73. The van der Waals surface area contributed by atoms with Gasteiger partial charge in [0.05, 0.1) is 5.75 Å². The van der Waals surface area contributed by atoms with Gasteiger partial charge < -0.3 is 20.6 Å². The Balaban J connectivity index is 3.05. The van der Waals surface area contributed by atoms with Gasteiger partial charge in [-0.1, -0.05) is 24.0 Å². The van der Waals surface area contributed by atoms with E-state index < -0.39 is 25.5 Å². The fourth-order valence-electron chi connectivity index (χ4n) is 1.12. The molecule has 0 aliphatic carbocycles. The molecule has 1 rings (SSSR count). The van der Waals surface area contributed by atoms with Gasteiger partial charge in [-0.2, -0.15) is 0 Å². The van der Waals surface area contributed by atoms with E-state index in [1.54, 1.807) is 0 Å². The minimum Gasteiger partial charge on any atom is -0.376 e. The van der Waals surface area contributed by atoms with E-state index in [2.05, 4.69) is 0 Å². The summed E-state index contributed by atoms with van der Waals surface area (Å²) in [5.41, 5.74) is 5.03. The second-order valence-corrected chi connectivity index (χ2v) is 6.13. The highest BCUT2D eigenvalue weighted by atomic mass is 32.2. The first-order chi connectivity index (χ1) is 6.75. The Morgan fingerprint density at radius 2 is 2.13 bits per heavy atom. The molecule has 0 aromatic rings. The molecular weight excluding hydrogens is 263 g/mol. The second kappa shape index (κ2) is 4.46. The number of thiocarbonyl (C=S) groups is 1. The van der Waals surface area contributed by atoms with Crippen molar-refractivity contribution in [2.24, 2.45) is 5.73 Å². The number of hydrogen-bond donors (Lipinski definition) is 4. The number of amides is 1. The van der Waals surface area contributed by atoms with Crippen molar-refractivity contribution in [2.75, 3.05) is 5.75 Å². The van der Waals surface area contributed by atoms with Crippen molar-refractivity contribution >= 4 is 41.8 Å². The smallest absolute Gasteiger partial charge is 0.352 e. The van der Waals surface area contributed by atoms with Crippen molar-refractivity contribution in [3.05, 3.63) is 0 Å². The molecule has 1 saturated heterocycles. The standard InChI is InChI=1S/C5H9N2O5PS2/c6-3(9)4(13(10,11)12)7-2(8)1-15-5(7)14/h3-4,9H,1,6H2,(H2,10,11,12). The summed E-state index contributed by atoms with van der Waals surface area (Å²) in [5, 5.41) is 9.07. The zero-order chi connectivity index (χ0) is 11.8. The van der Waals surface area contributed by atoms with Gasteiger partial charge in [0, 0.05) is 0 Å². The molecule has 0 radical (unpaired) electrons. The first-order valence-corrected chi connectivity index (χ1v) is 6.80. The maximum absolute atomic E-state index is 11.3. The fraction of sp³-hybridized carbons (Fsp3) is 0.600. The first-order valence-electron chi connectivity index (χ1n) is 3.73. The van der Waals surface area contributed by atoms with Crippen LogP contribution in [0.1, 0.15) is 0 Å². The third kappa shape index (κ3) is 2.76. The van der Waals surface area contributed by atoms with Crippen molar-refractivity contribution in [3.63, 3.8) is 0 Å². The third-order valence-electron chi connectivity index (χ3n) is 1.70. The number of hydrogen-bond acceptors (Lipinski definition) is 6. The molecule has 10 heteroatoms. The van der Waals surface area contributed by atoms with Crippen molar-refractivity contribution in [1.29, 1.82) is 0 Å². The molecule has 7 nitrogen and oxygen atoms in total. The molecule has 2 unspecified atom stereocenters. The van der Waals surface area contributed by atoms with Crippen molar-refractivity contribution < 1.29 is 24.3 Å². The number of aliphatic hydroxyl groups excluding tert-OH is 1. The lowest BCUT2D eigenvalue weighted by Crippen LogP contribution is -2.49. The Morgan fingerprint density at radius 3 is 2.40 bits per heavy atom. The van der Waals surface area contributed by atoms with Crippen LogP contribution in [-0.2, 0) is 9.36 Å². The molecular formula is C5H9N2O5PS2. The number of nitrogens with two attached hydrogens (primary N) is 1. The first kappa shape index (κ1) is 13.0. The van der Waals surface area contributed by atoms with Crippen LogP contribution in [0.15, 0.2) is 0 Å². The van der Waals surface area contributed by atoms with Gasteiger partial charge in [0.15, 0.2) is 5.78 Å². The lowest BCUT2D eigenvalue weighted by Gasteiger charge is -2.29. The van der Waals surface area contributed by atoms with Crippen LogP contribution in [0, 0.1) is 0 Å². The molecule has 0 aromatic carbocycles. The summed E-state index contributed by atoms with van der Waals surface area (Å²) >= 11 is 5.71. The van der Waals surface area contributed by atoms with Crippen LogP contribution >= 0.6 is 31.6 Å². The lowest BCUT2D eigenvalue weighted by molar-refractivity contribution is -0.126.